The van der Waals surface area contributed by atoms with Gasteiger partial charge in [0, 0.05) is 31.5 Å². The highest BCUT2D eigenvalue weighted by Crippen LogP contribution is 2.28. The third kappa shape index (κ3) is 3.38. The fourth-order valence-electron chi connectivity index (χ4n) is 1.99. The number of sulfonamides is 1. The number of hydrogen-bond acceptors (Lipinski definition) is 2. The molecule has 1 atom stereocenters. The molecule has 1 aromatic rings. The van der Waals surface area contributed by atoms with Crippen LogP contribution >= 0.6 is 11.6 Å². The monoisotopic (exact) mass is 320 g/mol. The number of hydrogen-bond donors (Lipinski definition) is 0. The molecule has 0 aliphatic carbocycles. The summed E-state index contributed by atoms with van der Waals surface area (Å²) >= 11 is 5.86. The van der Waals surface area contributed by atoms with Crippen molar-refractivity contribution in [3.8, 4) is 0 Å². The summed E-state index contributed by atoms with van der Waals surface area (Å²) in [5.74, 6) is 0.307. The summed E-state index contributed by atoms with van der Waals surface area (Å²) in [4.78, 5) is 0.314. The number of aryl methyl sites for hydroxylation is 1. The van der Waals surface area contributed by atoms with Crippen molar-refractivity contribution in [2.24, 2.45) is 5.41 Å². The Kier molecular flexibility index (Phi) is 5.33. The van der Waals surface area contributed by atoms with Crippen molar-refractivity contribution < 1.29 is 8.42 Å². The molecule has 116 valence electrons. The highest BCUT2D eigenvalue weighted by atomic mass is 35.5. The van der Waals surface area contributed by atoms with E-state index < -0.39 is 10.0 Å². The molecule has 0 spiro atoms. The first-order chi connectivity index (χ1) is 9.05. The lowest BCUT2D eigenvalue weighted by molar-refractivity contribution is 0.216. The van der Waals surface area contributed by atoms with E-state index in [2.05, 4.69) is 0 Å². The topological polar surface area (TPSA) is 42.3 Å². The van der Waals surface area contributed by atoms with Crippen LogP contribution in [-0.2, 0) is 22.4 Å². The first-order valence-corrected chi connectivity index (χ1v) is 8.76. The lowest BCUT2D eigenvalue weighted by atomic mass is 9.88. The van der Waals surface area contributed by atoms with Crippen molar-refractivity contribution >= 4 is 21.6 Å². The van der Waals surface area contributed by atoms with Gasteiger partial charge in [-0.05, 0) is 25.3 Å². The summed E-state index contributed by atoms with van der Waals surface area (Å²) in [6.45, 7) is 10.7. The van der Waals surface area contributed by atoms with Crippen molar-refractivity contribution in [2.75, 3.05) is 7.05 Å². The smallest absolute Gasteiger partial charge is 0.244 e. The van der Waals surface area contributed by atoms with Gasteiger partial charge in [0.15, 0.2) is 0 Å². The summed E-state index contributed by atoms with van der Waals surface area (Å²) in [5, 5.41) is 0. The number of alkyl halides is 1. The molecule has 0 aliphatic heterocycles. The maximum atomic E-state index is 12.7. The number of nitrogens with zero attached hydrogens (tertiary/aromatic N) is 2. The minimum Gasteiger partial charge on any atom is -0.349 e. The van der Waals surface area contributed by atoms with Crippen LogP contribution in [0.25, 0.3) is 0 Å². The van der Waals surface area contributed by atoms with Gasteiger partial charge in [0.25, 0.3) is 0 Å². The summed E-state index contributed by atoms with van der Waals surface area (Å²) < 4.78 is 28.7. The van der Waals surface area contributed by atoms with Crippen LogP contribution in [0.1, 0.15) is 40.3 Å². The zero-order chi connectivity index (χ0) is 15.7. The third-order valence-electron chi connectivity index (χ3n) is 3.91. The molecular weight excluding hydrogens is 296 g/mol. The standard InChI is InChI=1S/C14H25ClN2O2S/c1-7-17-10-13(8-12(17)9-15)20(18,19)16(6)11(2)14(3,4)5/h8,10-11H,7,9H2,1-6H3. The predicted octanol–water partition coefficient (Wildman–Crippen LogP) is 3.30. The highest BCUT2D eigenvalue weighted by molar-refractivity contribution is 7.89. The fraction of sp³-hybridized carbons (Fsp3) is 0.714. The summed E-state index contributed by atoms with van der Waals surface area (Å²) in [5.41, 5.74) is 0.703. The molecule has 0 N–H and O–H groups in total. The third-order valence-corrected chi connectivity index (χ3v) is 6.08. The van der Waals surface area contributed by atoms with Crippen LogP contribution in [0.5, 0.6) is 0 Å². The Hall–Kier alpha value is -0.520. The summed E-state index contributed by atoms with van der Waals surface area (Å²) in [6.07, 6.45) is 1.67. The zero-order valence-corrected chi connectivity index (χ0v) is 14.7. The second-order valence-corrected chi connectivity index (χ2v) is 8.41. The lowest BCUT2D eigenvalue weighted by Crippen LogP contribution is -2.42. The van der Waals surface area contributed by atoms with E-state index in [1.165, 1.54) is 4.31 Å². The largest absolute Gasteiger partial charge is 0.349 e. The van der Waals surface area contributed by atoms with Gasteiger partial charge in [-0.25, -0.2) is 8.42 Å². The Morgan fingerprint density at radius 1 is 1.40 bits per heavy atom. The maximum Gasteiger partial charge on any atom is 0.244 e. The summed E-state index contributed by atoms with van der Waals surface area (Å²) in [6, 6.07) is 1.56. The molecule has 0 aromatic carbocycles. The van der Waals surface area contributed by atoms with E-state index in [1.54, 1.807) is 19.3 Å². The molecule has 6 heteroatoms. The average molecular weight is 321 g/mol. The molecule has 1 aromatic heterocycles. The molecule has 0 radical (unpaired) electrons. The molecule has 0 saturated carbocycles. The molecule has 0 amide bonds. The van der Waals surface area contributed by atoms with Crippen molar-refractivity contribution in [2.45, 2.75) is 58.0 Å². The van der Waals surface area contributed by atoms with Crippen LogP contribution in [0.15, 0.2) is 17.2 Å². The van der Waals surface area contributed by atoms with Crippen molar-refractivity contribution in [3.05, 3.63) is 18.0 Å². The van der Waals surface area contributed by atoms with Crippen molar-refractivity contribution in [1.82, 2.24) is 8.87 Å². The molecule has 1 rings (SSSR count). The van der Waals surface area contributed by atoms with Gasteiger partial charge >= 0.3 is 0 Å². The highest BCUT2D eigenvalue weighted by Gasteiger charge is 2.33. The number of aromatic nitrogens is 1. The molecule has 1 unspecified atom stereocenters. The van der Waals surface area contributed by atoms with E-state index in [4.69, 9.17) is 11.6 Å². The Balaban J connectivity index is 3.20. The lowest BCUT2D eigenvalue weighted by Gasteiger charge is -2.34. The fourth-order valence-corrected chi connectivity index (χ4v) is 3.83. The van der Waals surface area contributed by atoms with Gasteiger partial charge in [0.05, 0.1) is 5.88 Å². The first-order valence-electron chi connectivity index (χ1n) is 6.78. The van der Waals surface area contributed by atoms with E-state index in [0.29, 0.717) is 17.3 Å². The maximum absolute atomic E-state index is 12.7. The second-order valence-electron chi connectivity index (χ2n) is 6.15. The van der Waals surface area contributed by atoms with Gasteiger partial charge in [-0.1, -0.05) is 20.8 Å². The molecule has 0 bridgehead atoms. The van der Waals surface area contributed by atoms with E-state index in [-0.39, 0.29) is 11.5 Å². The normalized spacial score (nSPS) is 14.8. The first kappa shape index (κ1) is 17.5. The van der Waals surface area contributed by atoms with Gasteiger partial charge in [0.1, 0.15) is 4.90 Å². The molecule has 20 heavy (non-hydrogen) atoms. The predicted molar refractivity (Wildman–Crippen MR) is 83.5 cm³/mol. The van der Waals surface area contributed by atoms with E-state index >= 15 is 0 Å². The van der Waals surface area contributed by atoms with Crippen molar-refractivity contribution in [1.29, 1.82) is 0 Å². The van der Waals surface area contributed by atoms with Gasteiger partial charge in [-0.15, -0.1) is 11.6 Å². The minimum atomic E-state index is -3.49. The number of rotatable bonds is 5. The van der Waals surface area contributed by atoms with Crippen LogP contribution in [0, 0.1) is 5.41 Å². The quantitative estimate of drug-likeness (QED) is 0.781. The Morgan fingerprint density at radius 2 is 1.95 bits per heavy atom. The van der Waals surface area contributed by atoms with E-state index in [0.717, 1.165) is 5.69 Å². The van der Waals surface area contributed by atoms with Gasteiger partial charge in [-0.2, -0.15) is 4.31 Å². The summed E-state index contributed by atoms with van der Waals surface area (Å²) in [7, 11) is -1.86. The van der Waals surface area contributed by atoms with Gasteiger partial charge in [0.2, 0.25) is 10.0 Å². The average Bonchev–Trinajstić information content (AvgIpc) is 2.79. The second kappa shape index (κ2) is 6.08. The van der Waals surface area contributed by atoms with Gasteiger partial charge in [-0.3, -0.25) is 0 Å². The molecule has 4 nitrogen and oxygen atoms in total. The van der Waals surface area contributed by atoms with Crippen molar-refractivity contribution in [3.63, 3.8) is 0 Å². The molecule has 0 aliphatic rings. The minimum absolute atomic E-state index is 0.100. The SMILES string of the molecule is CCn1cc(S(=O)(=O)N(C)C(C)C(C)(C)C)cc1CCl. The Morgan fingerprint density at radius 3 is 2.30 bits per heavy atom. The molecule has 0 saturated heterocycles. The van der Waals surface area contributed by atoms with Gasteiger partial charge < -0.3 is 4.57 Å². The molecule has 0 fully saturated rings. The Bertz CT molecular complexity index is 537. The molecular formula is C14H25ClN2O2S. The van der Waals surface area contributed by atoms with Crippen LogP contribution in [-0.4, -0.2) is 30.4 Å². The zero-order valence-electron chi connectivity index (χ0n) is 13.1. The van der Waals surface area contributed by atoms with E-state index in [1.807, 2.05) is 39.2 Å². The Labute approximate surface area is 127 Å². The van der Waals surface area contributed by atoms with Crippen LogP contribution in [0.2, 0.25) is 0 Å². The number of halogens is 1. The van der Waals surface area contributed by atoms with E-state index in [9.17, 15) is 8.42 Å². The molecule has 1 heterocycles. The van der Waals surface area contributed by atoms with Crippen LogP contribution in [0.4, 0.5) is 0 Å². The van der Waals surface area contributed by atoms with Crippen LogP contribution in [0.3, 0.4) is 0 Å². The van der Waals surface area contributed by atoms with Crippen LogP contribution < -0.4 is 0 Å².